The fourth-order valence-electron chi connectivity index (χ4n) is 1.63. The van der Waals surface area contributed by atoms with Gasteiger partial charge in [0.2, 0.25) is 5.88 Å². The molecule has 0 saturated carbocycles. The van der Waals surface area contributed by atoms with Crippen molar-refractivity contribution in [2.75, 3.05) is 0 Å². The molecule has 2 rings (SSSR count). The fourth-order valence-corrected chi connectivity index (χ4v) is 1.89. The number of aromatic nitrogens is 1. The van der Waals surface area contributed by atoms with Crippen molar-refractivity contribution < 1.29 is 22.7 Å². The van der Waals surface area contributed by atoms with Crippen LogP contribution in [0.15, 0.2) is 36.4 Å². The number of pyridine rings is 1. The molecule has 0 bridgehead atoms. The zero-order valence-electron chi connectivity index (χ0n) is 10.5. The highest BCUT2D eigenvalue weighted by Crippen LogP contribution is 2.32. The Morgan fingerprint density at radius 2 is 2.00 bits per heavy atom. The Kier molecular flexibility index (Phi) is 4.47. The summed E-state index contributed by atoms with van der Waals surface area (Å²) < 4.78 is 43.2. The minimum absolute atomic E-state index is 0.0296. The molecular weight excluding hydrogens is 307 g/mol. The van der Waals surface area contributed by atoms with Gasteiger partial charge in [0.1, 0.15) is 12.3 Å². The van der Waals surface area contributed by atoms with Crippen molar-refractivity contribution >= 4 is 17.9 Å². The van der Waals surface area contributed by atoms with Gasteiger partial charge in [-0.1, -0.05) is 17.7 Å². The van der Waals surface area contributed by atoms with Gasteiger partial charge < -0.3 is 4.74 Å². The van der Waals surface area contributed by atoms with Crippen molar-refractivity contribution in [1.82, 2.24) is 4.98 Å². The van der Waals surface area contributed by atoms with Crippen molar-refractivity contribution in [3.05, 3.63) is 58.2 Å². The fraction of sp³-hybridized carbons (Fsp3) is 0.143. The Labute approximate surface area is 123 Å². The van der Waals surface area contributed by atoms with Crippen LogP contribution in [0.2, 0.25) is 5.02 Å². The number of nitrogens with zero attached hydrogens (tertiary/aromatic N) is 1. The topological polar surface area (TPSA) is 39.2 Å². The van der Waals surface area contributed by atoms with Gasteiger partial charge in [0.15, 0.2) is 6.29 Å². The molecule has 0 N–H and O–H groups in total. The second kappa shape index (κ2) is 6.13. The number of alkyl halides is 3. The lowest BCUT2D eigenvalue weighted by atomic mass is 10.1. The first-order chi connectivity index (χ1) is 9.88. The van der Waals surface area contributed by atoms with E-state index in [0.717, 1.165) is 12.1 Å². The summed E-state index contributed by atoms with van der Waals surface area (Å²) in [6.45, 7) is -0.140. The van der Waals surface area contributed by atoms with Crippen LogP contribution in [-0.4, -0.2) is 11.3 Å². The van der Waals surface area contributed by atoms with E-state index >= 15 is 0 Å². The quantitative estimate of drug-likeness (QED) is 0.796. The van der Waals surface area contributed by atoms with Gasteiger partial charge in [0.25, 0.3) is 0 Å². The van der Waals surface area contributed by atoms with Gasteiger partial charge in [-0.05, 0) is 29.8 Å². The number of ether oxygens (including phenoxy) is 1. The van der Waals surface area contributed by atoms with Gasteiger partial charge in [-0.3, -0.25) is 4.79 Å². The monoisotopic (exact) mass is 315 g/mol. The largest absolute Gasteiger partial charge is 0.473 e. The van der Waals surface area contributed by atoms with Gasteiger partial charge >= 0.3 is 6.18 Å². The number of carbonyl (C=O) groups is 1. The van der Waals surface area contributed by atoms with Crippen LogP contribution in [0.3, 0.4) is 0 Å². The highest BCUT2D eigenvalue weighted by molar-refractivity contribution is 6.30. The summed E-state index contributed by atoms with van der Waals surface area (Å²) in [6.07, 6.45) is -3.93. The highest BCUT2D eigenvalue weighted by Gasteiger charge is 2.31. The second-order valence-electron chi connectivity index (χ2n) is 4.15. The SMILES string of the molecule is O=Cc1cccc(OCc2cc(Cl)cc(C(F)(F)F)c2)n1. The van der Waals surface area contributed by atoms with Crippen molar-refractivity contribution in [3.63, 3.8) is 0 Å². The molecule has 1 aromatic carbocycles. The van der Waals surface area contributed by atoms with Gasteiger partial charge in [0.05, 0.1) is 5.56 Å². The van der Waals surface area contributed by atoms with Gasteiger partial charge in [-0.25, -0.2) is 4.98 Å². The van der Waals surface area contributed by atoms with E-state index in [9.17, 15) is 18.0 Å². The molecule has 2 aromatic rings. The molecule has 0 aliphatic carbocycles. The van der Waals surface area contributed by atoms with Crippen LogP contribution in [0.4, 0.5) is 13.2 Å². The van der Waals surface area contributed by atoms with Crippen LogP contribution in [0, 0.1) is 0 Å². The van der Waals surface area contributed by atoms with Crippen LogP contribution in [-0.2, 0) is 12.8 Å². The minimum Gasteiger partial charge on any atom is -0.473 e. The number of carbonyl (C=O) groups excluding carboxylic acids is 1. The smallest absolute Gasteiger partial charge is 0.416 e. The molecule has 0 saturated heterocycles. The zero-order chi connectivity index (χ0) is 15.5. The van der Waals surface area contributed by atoms with E-state index in [1.807, 2.05) is 0 Å². The third-order valence-electron chi connectivity index (χ3n) is 2.54. The van der Waals surface area contributed by atoms with E-state index in [1.165, 1.54) is 18.2 Å². The number of rotatable bonds is 4. The second-order valence-corrected chi connectivity index (χ2v) is 4.59. The first-order valence-electron chi connectivity index (χ1n) is 5.80. The highest BCUT2D eigenvalue weighted by atomic mass is 35.5. The maximum atomic E-state index is 12.7. The van der Waals surface area contributed by atoms with Gasteiger partial charge in [0, 0.05) is 11.1 Å². The molecule has 21 heavy (non-hydrogen) atoms. The molecule has 0 fully saturated rings. The van der Waals surface area contributed by atoms with Crippen LogP contribution in [0.5, 0.6) is 5.88 Å². The number of halogens is 4. The molecule has 1 heterocycles. The Morgan fingerprint density at radius 1 is 1.24 bits per heavy atom. The molecule has 0 aliphatic heterocycles. The molecule has 0 aliphatic rings. The molecule has 3 nitrogen and oxygen atoms in total. The number of aldehydes is 1. The van der Waals surface area contributed by atoms with E-state index in [1.54, 1.807) is 6.07 Å². The molecule has 7 heteroatoms. The third-order valence-corrected chi connectivity index (χ3v) is 2.76. The van der Waals surface area contributed by atoms with Crippen LogP contribution < -0.4 is 4.74 Å². The molecule has 0 atom stereocenters. The Hall–Kier alpha value is -2.08. The average Bonchev–Trinajstić information content (AvgIpc) is 2.44. The number of hydrogen-bond donors (Lipinski definition) is 0. The maximum Gasteiger partial charge on any atom is 0.416 e. The van der Waals surface area contributed by atoms with Crippen LogP contribution in [0.25, 0.3) is 0 Å². The normalized spacial score (nSPS) is 11.2. The molecule has 110 valence electrons. The first-order valence-corrected chi connectivity index (χ1v) is 6.18. The molecule has 0 spiro atoms. The molecule has 0 unspecified atom stereocenters. The van der Waals surface area contributed by atoms with Crippen molar-refractivity contribution in [3.8, 4) is 5.88 Å². The predicted molar refractivity (Wildman–Crippen MR) is 70.4 cm³/mol. The maximum absolute atomic E-state index is 12.7. The predicted octanol–water partition coefficient (Wildman–Crippen LogP) is 4.15. The summed E-state index contributed by atoms with van der Waals surface area (Å²) in [7, 11) is 0. The molecule has 0 amide bonds. The molecule has 1 aromatic heterocycles. The lowest BCUT2D eigenvalue weighted by molar-refractivity contribution is -0.137. The van der Waals surface area contributed by atoms with Crippen LogP contribution in [0.1, 0.15) is 21.6 Å². The van der Waals surface area contributed by atoms with Crippen molar-refractivity contribution in [1.29, 1.82) is 0 Å². The average molecular weight is 316 g/mol. The van der Waals surface area contributed by atoms with E-state index in [0.29, 0.717) is 6.29 Å². The summed E-state index contributed by atoms with van der Waals surface area (Å²) in [5, 5.41) is -0.0296. The standard InChI is InChI=1S/C14H9ClF3NO2/c15-11-5-9(4-10(6-11)14(16,17)18)8-21-13-3-1-2-12(7-20)19-13/h1-7H,8H2. The third kappa shape index (κ3) is 4.19. The van der Waals surface area contributed by atoms with Gasteiger partial charge in [-0.15, -0.1) is 0 Å². The number of benzene rings is 1. The Bertz CT molecular complexity index is 659. The van der Waals surface area contributed by atoms with E-state index < -0.39 is 11.7 Å². The zero-order valence-corrected chi connectivity index (χ0v) is 11.3. The van der Waals surface area contributed by atoms with Crippen LogP contribution >= 0.6 is 11.6 Å². The van der Waals surface area contributed by atoms with E-state index in [2.05, 4.69) is 4.98 Å². The summed E-state index contributed by atoms with van der Waals surface area (Å²) in [4.78, 5) is 14.4. The summed E-state index contributed by atoms with van der Waals surface area (Å²) in [5.74, 6) is 0.146. The Balaban J connectivity index is 2.16. The van der Waals surface area contributed by atoms with Crippen molar-refractivity contribution in [2.24, 2.45) is 0 Å². The lowest BCUT2D eigenvalue weighted by Gasteiger charge is -2.10. The lowest BCUT2D eigenvalue weighted by Crippen LogP contribution is -2.07. The first kappa shape index (κ1) is 15.3. The van der Waals surface area contributed by atoms with E-state index in [4.69, 9.17) is 16.3 Å². The van der Waals surface area contributed by atoms with Crippen molar-refractivity contribution in [2.45, 2.75) is 12.8 Å². The van der Waals surface area contributed by atoms with E-state index in [-0.39, 0.29) is 28.8 Å². The summed E-state index contributed by atoms with van der Waals surface area (Å²) in [5.41, 5.74) is -0.411. The summed E-state index contributed by atoms with van der Waals surface area (Å²) in [6, 6.07) is 7.72. The number of hydrogen-bond acceptors (Lipinski definition) is 3. The Morgan fingerprint density at radius 3 is 2.67 bits per heavy atom. The molecular formula is C14H9ClF3NO2. The van der Waals surface area contributed by atoms with Gasteiger partial charge in [-0.2, -0.15) is 13.2 Å². The minimum atomic E-state index is -4.48. The summed E-state index contributed by atoms with van der Waals surface area (Å²) >= 11 is 5.67. The molecule has 0 radical (unpaired) electrons.